The predicted octanol–water partition coefficient (Wildman–Crippen LogP) is 4.97. The molecular weight excluding hydrogens is 470 g/mol. The third-order valence-corrected chi connectivity index (χ3v) is 8.14. The monoisotopic (exact) mass is 495 g/mol. The molecule has 9 heteroatoms. The molecule has 5 rings (SSSR count). The molecular formula is C27H25N7OS. The molecule has 0 bridgehead atoms. The van der Waals surface area contributed by atoms with Gasteiger partial charge in [0.1, 0.15) is 12.1 Å². The highest BCUT2D eigenvalue weighted by atomic mass is 32.2. The molecule has 0 atom stereocenters. The Hall–Kier alpha value is -4.08. The second-order valence-corrected chi connectivity index (χ2v) is 10.2. The molecule has 0 spiro atoms. The summed E-state index contributed by atoms with van der Waals surface area (Å²) in [5.41, 5.74) is 4.83. The Bertz CT molecular complexity index is 1520. The van der Waals surface area contributed by atoms with Gasteiger partial charge in [0.15, 0.2) is 0 Å². The molecule has 1 aliphatic rings. The van der Waals surface area contributed by atoms with Crippen molar-refractivity contribution in [1.82, 2.24) is 24.3 Å². The van der Waals surface area contributed by atoms with Gasteiger partial charge in [-0.25, -0.2) is 4.52 Å². The van der Waals surface area contributed by atoms with E-state index in [1.54, 1.807) is 21.7 Å². The summed E-state index contributed by atoms with van der Waals surface area (Å²) in [6.07, 6.45) is 10.2. The number of pyridine rings is 1. The SMILES string of the molecule is Cc1c(-c2cc(Sc3ccccc3C#N)c3c(C#N)cnn3c2)cnn1C1CCC(N(C)C=O)CC1. The number of nitriles is 2. The lowest BCUT2D eigenvalue weighted by Crippen LogP contribution is -2.35. The smallest absolute Gasteiger partial charge is 0.209 e. The van der Waals surface area contributed by atoms with Gasteiger partial charge in [0.25, 0.3) is 0 Å². The Labute approximate surface area is 213 Å². The minimum atomic E-state index is 0.293. The Balaban J connectivity index is 1.51. The van der Waals surface area contributed by atoms with Crippen LogP contribution in [0.25, 0.3) is 16.6 Å². The van der Waals surface area contributed by atoms with Crippen molar-refractivity contribution in [3.63, 3.8) is 0 Å². The van der Waals surface area contributed by atoms with Gasteiger partial charge in [-0.2, -0.15) is 20.7 Å². The summed E-state index contributed by atoms with van der Waals surface area (Å²) in [4.78, 5) is 14.6. The number of carbonyl (C=O) groups is 1. The predicted molar refractivity (Wildman–Crippen MR) is 136 cm³/mol. The van der Waals surface area contributed by atoms with Crippen LogP contribution in [0.5, 0.6) is 0 Å². The molecule has 0 unspecified atom stereocenters. The van der Waals surface area contributed by atoms with Crippen molar-refractivity contribution in [2.24, 2.45) is 0 Å². The van der Waals surface area contributed by atoms with E-state index in [-0.39, 0.29) is 0 Å². The van der Waals surface area contributed by atoms with E-state index in [0.717, 1.165) is 64.2 Å². The first-order chi connectivity index (χ1) is 17.5. The van der Waals surface area contributed by atoms with Crippen LogP contribution in [0.1, 0.15) is 48.5 Å². The minimum Gasteiger partial charge on any atom is -0.345 e. The van der Waals surface area contributed by atoms with E-state index in [1.807, 2.05) is 37.6 Å². The first-order valence-electron chi connectivity index (χ1n) is 11.8. The number of hydrogen-bond donors (Lipinski definition) is 0. The van der Waals surface area contributed by atoms with Crippen molar-refractivity contribution in [3.05, 3.63) is 65.7 Å². The Kier molecular flexibility index (Phi) is 6.49. The second kappa shape index (κ2) is 9.88. The molecule has 1 aliphatic carbocycles. The summed E-state index contributed by atoms with van der Waals surface area (Å²) in [5.74, 6) is 0. The van der Waals surface area contributed by atoms with Gasteiger partial charge in [0, 0.05) is 45.9 Å². The molecule has 180 valence electrons. The number of fused-ring (bicyclic) bond motifs is 1. The molecule has 36 heavy (non-hydrogen) atoms. The number of nitrogens with zero attached hydrogens (tertiary/aromatic N) is 7. The molecule has 0 aliphatic heterocycles. The quantitative estimate of drug-likeness (QED) is 0.350. The average Bonchev–Trinajstić information content (AvgIpc) is 3.51. The Morgan fingerprint density at radius 1 is 1.06 bits per heavy atom. The van der Waals surface area contributed by atoms with Gasteiger partial charge in [-0.15, -0.1) is 0 Å². The van der Waals surface area contributed by atoms with E-state index >= 15 is 0 Å². The zero-order valence-electron chi connectivity index (χ0n) is 20.1. The van der Waals surface area contributed by atoms with Crippen LogP contribution in [-0.2, 0) is 4.79 Å². The van der Waals surface area contributed by atoms with Gasteiger partial charge in [0.2, 0.25) is 6.41 Å². The van der Waals surface area contributed by atoms with Gasteiger partial charge in [-0.05, 0) is 50.8 Å². The topological polar surface area (TPSA) is 103 Å². The second-order valence-electron chi connectivity index (χ2n) is 9.09. The number of aromatic nitrogens is 4. The third-order valence-electron chi connectivity index (χ3n) is 7.03. The number of benzene rings is 1. The van der Waals surface area contributed by atoms with E-state index in [4.69, 9.17) is 5.10 Å². The normalized spacial score (nSPS) is 17.4. The van der Waals surface area contributed by atoms with Crippen molar-refractivity contribution >= 4 is 23.7 Å². The number of amides is 1. The maximum atomic E-state index is 11.1. The highest BCUT2D eigenvalue weighted by Gasteiger charge is 2.27. The molecule has 1 aromatic carbocycles. The van der Waals surface area contributed by atoms with Gasteiger partial charge >= 0.3 is 0 Å². The van der Waals surface area contributed by atoms with Crippen LogP contribution in [0.2, 0.25) is 0 Å². The van der Waals surface area contributed by atoms with Gasteiger partial charge in [-0.3, -0.25) is 9.48 Å². The van der Waals surface area contributed by atoms with E-state index in [0.29, 0.717) is 23.2 Å². The van der Waals surface area contributed by atoms with Crippen LogP contribution < -0.4 is 0 Å². The van der Waals surface area contributed by atoms with Crippen LogP contribution in [0.4, 0.5) is 0 Å². The lowest BCUT2D eigenvalue weighted by atomic mass is 9.90. The van der Waals surface area contributed by atoms with Crippen LogP contribution in [0.3, 0.4) is 0 Å². The molecule has 8 nitrogen and oxygen atoms in total. The van der Waals surface area contributed by atoms with Crippen molar-refractivity contribution in [1.29, 1.82) is 10.5 Å². The summed E-state index contributed by atoms with van der Waals surface area (Å²) in [6, 6.07) is 14.6. The molecule has 0 radical (unpaired) electrons. The summed E-state index contributed by atoms with van der Waals surface area (Å²) < 4.78 is 3.85. The zero-order valence-corrected chi connectivity index (χ0v) is 20.9. The van der Waals surface area contributed by atoms with E-state index < -0.39 is 0 Å². The summed E-state index contributed by atoms with van der Waals surface area (Å²) >= 11 is 1.46. The van der Waals surface area contributed by atoms with E-state index in [2.05, 4.69) is 34.9 Å². The molecule has 3 heterocycles. The first-order valence-corrected chi connectivity index (χ1v) is 12.7. The molecule has 1 saturated carbocycles. The minimum absolute atomic E-state index is 0.293. The fourth-order valence-corrected chi connectivity index (χ4v) is 6.12. The Morgan fingerprint density at radius 3 is 2.53 bits per heavy atom. The highest BCUT2D eigenvalue weighted by Crippen LogP contribution is 2.38. The van der Waals surface area contributed by atoms with Crippen LogP contribution >= 0.6 is 11.8 Å². The molecule has 3 aromatic heterocycles. The van der Waals surface area contributed by atoms with Gasteiger partial charge in [0.05, 0.1) is 35.1 Å². The standard InChI is InChI=1S/C27H25N7OS/c1-18-24(15-31-34(18)23-9-7-22(8-10-23)32(2)17-35)20-11-26(27-21(13-29)14-30-33(27)16-20)36-25-6-4-3-5-19(25)12-28/h3-6,11,14-17,22-23H,7-10H2,1-2H3. The molecule has 1 amide bonds. The molecule has 4 aromatic rings. The lowest BCUT2D eigenvalue weighted by Gasteiger charge is -2.33. The van der Waals surface area contributed by atoms with Crippen molar-refractivity contribution in [2.75, 3.05) is 7.05 Å². The molecule has 0 saturated heterocycles. The summed E-state index contributed by atoms with van der Waals surface area (Å²) in [5, 5.41) is 28.4. The van der Waals surface area contributed by atoms with Gasteiger partial charge in [-0.1, -0.05) is 23.9 Å². The summed E-state index contributed by atoms with van der Waals surface area (Å²) in [7, 11) is 1.85. The first kappa shape index (κ1) is 23.7. The fraction of sp³-hybridized carbons (Fsp3) is 0.296. The molecule has 1 fully saturated rings. The lowest BCUT2D eigenvalue weighted by molar-refractivity contribution is -0.119. The van der Waals surface area contributed by atoms with Crippen molar-refractivity contribution < 1.29 is 4.79 Å². The maximum absolute atomic E-state index is 11.1. The molecule has 0 N–H and O–H groups in total. The van der Waals surface area contributed by atoms with Crippen molar-refractivity contribution in [3.8, 4) is 23.3 Å². The third kappa shape index (κ3) is 4.23. The maximum Gasteiger partial charge on any atom is 0.209 e. The fourth-order valence-electron chi connectivity index (χ4n) is 5.03. The number of rotatable bonds is 6. The van der Waals surface area contributed by atoms with E-state index in [9.17, 15) is 15.3 Å². The summed E-state index contributed by atoms with van der Waals surface area (Å²) in [6.45, 7) is 2.08. The highest BCUT2D eigenvalue weighted by molar-refractivity contribution is 7.99. The zero-order chi connectivity index (χ0) is 25.2. The number of hydrogen-bond acceptors (Lipinski definition) is 6. The van der Waals surface area contributed by atoms with Crippen LogP contribution in [-0.4, -0.2) is 43.8 Å². The Morgan fingerprint density at radius 2 is 1.81 bits per heavy atom. The van der Waals surface area contributed by atoms with Crippen LogP contribution in [0.15, 0.2) is 58.7 Å². The average molecular weight is 496 g/mol. The van der Waals surface area contributed by atoms with Gasteiger partial charge < -0.3 is 4.90 Å². The van der Waals surface area contributed by atoms with Crippen LogP contribution in [0, 0.1) is 29.6 Å². The largest absolute Gasteiger partial charge is 0.345 e. The van der Waals surface area contributed by atoms with Crippen molar-refractivity contribution in [2.45, 2.75) is 54.5 Å². The van der Waals surface area contributed by atoms with E-state index in [1.165, 1.54) is 11.8 Å². The number of carbonyl (C=O) groups excluding carboxylic acids is 1.